The molecule has 0 saturated carbocycles. The molecule has 2 aromatic heterocycles. The summed E-state index contributed by atoms with van der Waals surface area (Å²) in [6.45, 7) is 7.16. The monoisotopic (exact) mass is 422 g/mol. The average molecular weight is 423 g/mol. The molecule has 1 fully saturated rings. The van der Waals surface area contributed by atoms with Crippen LogP contribution >= 0.6 is 11.3 Å². The number of carbonyl (C=O) groups is 1. The Labute approximate surface area is 181 Å². The zero-order chi connectivity index (χ0) is 20.9. The van der Waals surface area contributed by atoms with Gasteiger partial charge in [0, 0.05) is 26.2 Å². The van der Waals surface area contributed by atoms with Crippen molar-refractivity contribution in [2.75, 3.05) is 37.7 Å². The van der Waals surface area contributed by atoms with Crippen molar-refractivity contribution in [2.45, 2.75) is 19.8 Å². The van der Waals surface area contributed by atoms with Crippen LogP contribution in [-0.4, -0.2) is 53.8 Å². The minimum atomic E-state index is 0.0155. The first-order valence-corrected chi connectivity index (χ1v) is 11.1. The maximum absolute atomic E-state index is 12.5. The molecule has 0 N–H and O–H groups in total. The second-order valence-electron chi connectivity index (χ2n) is 7.63. The van der Waals surface area contributed by atoms with Crippen LogP contribution in [0.25, 0.3) is 10.6 Å². The SMILES string of the molecule is CC(C)c1ccc(OCC(=O)N2CCN(c3ccc(-c4cccs4)nn3)CC2)cc1. The zero-order valence-electron chi connectivity index (χ0n) is 17.3. The van der Waals surface area contributed by atoms with Crippen LogP contribution in [0, 0.1) is 0 Å². The molecule has 7 heteroatoms. The molecule has 1 aromatic carbocycles. The number of hydrogen-bond donors (Lipinski definition) is 0. The van der Waals surface area contributed by atoms with E-state index in [2.05, 4.69) is 28.9 Å². The van der Waals surface area contributed by atoms with Gasteiger partial charge < -0.3 is 14.5 Å². The molecule has 3 heterocycles. The predicted octanol–water partition coefficient (Wildman–Crippen LogP) is 4.06. The molecular weight excluding hydrogens is 396 g/mol. The Bertz CT molecular complexity index is 948. The highest BCUT2D eigenvalue weighted by Gasteiger charge is 2.22. The Kier molecular flexibility index (Phi) is 6.28. The zero-order valence-corrected chi connectivity index (χ0v) is 18.1. The van der Waals surface area contributed by atoms with Crippen LogP contribution < -0.4 is 9.64 Å². The van der Waals surface area contributed by atoms with Gasteiger partial charge in [-0.3, -0.25) is 4.79 Å². The highest BCUT2D eigenvalue weighted by molar-refractivity contribution is 7.13. The Morgan fingerprint density at radius 3 is 2.40 bits per heavy atom. The molecule has 0 unspecified atom stereocenters. The lowest BCUT2D eigenvalue weighted by molar-refractivity contribution is -0.133. The molecule has 1 amide bonds. The normalized spacial score (nSPS) is 14.2. The Hall–Kier alpha value is -2.93. The van der Waals surface area contributed by atoms with Gasteiger partial charge in [0.2, 0.25) is 0 Å². The number of thiophene rings is 1. The van der Waals surface area contributed by atoms with Crippen LogP contribution in [0.15, 0.2) is 53.9 Å². The summed E-state index contributed by atoms with van der Waals surface area (Å²) in [7, 11) is 0. The third-order valence-corrected chi connectivity index (χ3v) is 6.18. The van der Waals surface area contributed by atoms with Crippen molar-refractivity contribution >= 4 is 23.1 Å². The minimum Gasteiger partial charge on any atom is -0.484 e. The molecule has 3 aromatic rings. The molecule has 1 aliphatic heterocycles. The van der Waals surface area contributed by atoms with Gasteiger partial charge in [0.25, 0.3) is 5.91 Å². The van der Waals surface area contributed by atoms with Crippen molar-refractivity contribution in [3.63, 3.8) is 0 Å². The Morgan fingerprint density at radius 2 is 1.80 bits per heavy atom. The fourth-order valence-corrected chi connectivity index (χ4v) is 4.11. The maximum atomic E-state index is 12.5. The van der Waals surface area contributed by atoms with Gasteiger partial charge in [0.05, 0.1) is 4.88 Å². The lowest BCUT2D eigenvalue weighted by Gasteiger charge is -2.35. The molecule has 0 radical (unpaired) electrons. The molecule has 30 heavy (non-hydrogen) atoms. The molecule has 0 bridgehead atoms. The van der Waals surface area contributed by atoms with Crippen LogP contribution in [0.3, 0.4) is 0 Å². The van der Waals surface area contributed by atoms with Crippen molar-refractivity contribution in [3.05, 3.63) is 59.5 Å². The third-order valence-electron chi connectivity index (χ3n) is 5.29. The fraction of sp³-hybridized carbons (Fsp3) is 0.348. The number of hydrogen-bond acceptors (Lipinski definition) is 6. The van der Waals surface area contributed by atoms with Crippen LogP contribution in [0.4, 0.5) is 5.82 Å². The lowest BCUT2D eigenvalue weighted by atomic mass is 10.0. The van der Waals surface area contributed by atoms with Gasteiger partial charge in [-0.25, -0.2) is 0 Å². The highest BCUT2D eigenvalue weighted by Crippen LogP contribution is 2.23. The van der Waals surface area contributed by atoms with Crippen molar-refractivity contribution < 1.29 is 9.53 Å². The topological polar surface area (TPSA) is 58.6 Å². The molecule has 6 nitrogen and oxygen atoms in total. The number of rotatable bonds is 6. The Balaban J connectivity index is 1.26. The molecule has 4 rings (SSSR count). The lowest BCUT2D eigenvalue weighted by Crippen LogP contribution is -2.50. The number of aromatic nitrogens is 2. The number of nitrogens with zero attached hydrogens (tertiary/aromatic N) is 4. The van der Waals surface area contributed by atoms with E-state index in [1.807, 2.05) is 58.8 Å². The number of amides is 1. The van der Waals surface area contributed by atoms with Crippen LogP contribution in [0.1, 0.15) is 25.3 Å². The number of ether oxygens (including phenoxy) is 1. The second-order valence-corrected chi connectivity index (χ2v) is 8.58. The highest BCUT2D eigenvalue weighted by atomic mass is 32.1. The van der Waals surface area contributed by atoms with E-state index in [4.69, 9.17) is 4.74 Å². The van der Waals surface area contributed by atoms with Gasteiger partial charge in [0.15, 0.2) is 12.4 Å². The summed E-state index contributed by atoms with van der Waals surface area (Å²) in [4.78, 5) is 17.7. The summed E-state index contributed by atoms with van der Waals surface area (Å²) >= 11 is 1.65. The van der Waals surface area contributed by atoms with E-state index >= 15 is 0 Å². The van der Waals surface area contributed by atoms with Crippen molar-refractivity contribution in [2.24, 2.45) is 0 Å². The number of piperazine rings is 1. The molecular formula is C23H26N4O2S. The molecule has 0 aliphatic carbocycles. The van der Waals surface area contributed by atoms with E-state index in [-0.39, 0.29) is 12.5 Å². The largest absolute Gasteiger partial charge is 0.484 e. The summed E-state index contributed by atoms with van der Waals surface area (Å²) in [5, 5.41) is 10.8. The average Bonchev–Trinajstić information content (AvgIpc) is 3.33. The Morgan fingerprint density at radius 1 is 1.03 bits per heavy atom. The van der Waals surface area contributed by atoms with Crippen molar-refractivity contribution in [1.29, 1.82) is 0 Å². The first-order chi connectivity index (χ1) is 14.6. The van der Waals surface area contributed by atoms with Gasteiger partial charge in [-0.15, -0.1) is 21.5 Å². The summed E-state index contributed by atoms with van der Waals surface area (Å²) in [6.07, 6.45) is 0. The molecule has 0 atom stereocenters. The smallest absolute Gasteiger partial charge is 0.260 e. The molecule has 0 spiro atoms. The fourth-order valence-electron chi connectivity index (χ4n) is 3.42. The number of anilines is 1. The van der Waals surface area contributed by atoms with Gasteiger partial charge in [0.1, 0.15) is 11.4 Å². The van der Waals surface area contributed by atoms with Gasteiger partial charge >= 0.3 is 0 Å². The van der Waals surface area contributed by atoms with Crippen LogP contribution in [-0.2, 0) is 4.79 Å². The van der Waals surface area contributed by atoms with E-state index in [9.17, 15) is 4.79 Å². The molecule has 1 saturated heterocycles. The summed E-state index contributed by atoms with van der Waals surface area (Å²) in [5.74, 6) is 2.08. The minimum absolute atomic E-state index is 0.0155. The molecule has 156 valence electrons. The van der Waals surface area contributed by atoms with Gasteiger partial charge in [-0.2, -0.15) is 0 Å². The van der Waals surface area contributed by atoms with Crippen LogP contribution in [0.2, 0.25) is 0 Å². The van der Waals surface area contributed by atoms with E-state index in [0.29, 0.717) is 19.0 Å². The van der Waals surface area contributed by atoms with E-state index in [1.54, 1.807) is 11.3 Å². The van der Waals surface area contributed by atoms with Crippen molar-refractivity contribution in [1.82, 2.24) is 15.1 Å². The van der Waals surface area contributed by atoms with Gasteiger partial charge in [-0.05, 0) is 47.2 Å². The summed E-state index contributed by atoms with van der Waals surface area (Å²) in [5.41, 5.74) is 2.15. The summed E-state index contributed by atoms with van der Waals surface area (Å²) < 4.78 is 5.69. The first-order valence-electron chi connectivity index (χ1n) is 10.2. The first kappa shape index (κ1) is 20.3. The standard InChI is InChI=1S/C23H26N4O2S/c1-17(2)18-5-7-19(8-6-18)29-16-23(28)27-13-11-26(12-14-27)22-10-9-20(24-25-22)21-4-3-15-30-21/h3-10,15,17H,11-14,16H2,1-2H3. The van der Waals surface area contributed by atoms with E-state index in [0.717, 1.165) is 35.2 Å². The van der Waals surface area contributed by atoms with E-state index in [1.165, 1.54) is 5.56 Å². The van der Waals surface area contributed by atoms with Crippen molar-refractivity contribution in [3.8, 4) is 16.3 Å². The van der Waals surface area contributed by atoms with E-state index < -0.39 is 0 Å². The summed E-state index contributed by atoms with van der Waals surface area (Å²) in [6, 6.07) is 16.0. The van der Waals surface area contributed by atoms with Gasteiger partial charge in [-0.1, -0.05) is 32.0 Å². The third kappa shape index (κ3) is 4.79. The quantitative estimate of drug-likeness (QED) is 0.600. The maximum Gasteiger partial charge on any atom is 0.260 e. The molecule has 1 aliphatic rings. The predicted molar refractivity (Wildman–Crippen MR) is 120 cm³/mol. The number of carbonyl (C=O) groups excluding carboxylic acids is 1. The number of benzene rings is 1. The van der Waals surface area contributed by atoms with Crippen LogP contribution in [0.5, 0.6) is 5.75 Å². The second kappa shape index (κ2) is 9.26.